The Kier molecular flexibility index (Phi) is 3.85. The molecule has 2 bridgehead atoms. The Morgan fingerprint density at radius 2 is 1.88 bits per heavy atom. The van der Waals surface area contributed by atoms with Crippen LogP contribution in [0.1, 0.15) is 31.2 Å². The van der Waals surface area contributed by atoms with Crippen LogP contribution in [-0.2, 0) is 11.3 Å². The van der Waals surface area contributed by atoms with E-state index in [2.05, 4.69) is 21.9 Å². The number of benzene rings is 1. The predicted octanol–water partition coefficient (Wildman–Crippen LogP) is 2.50. The largest absolute Gasteiger partial charge is 0.454 e. The van der Waals surface area contributed by atoms with Crippen molar-refractivity contribution < 1.29 is 14.3 Å². The van der Waals surface area contributed by atoms with Crippen molar-refractivity contribution in [2.75, 3.05) is 33.0 Å². The molecular formula is C20H26N2O3. The first kappa shape index (κ1) is 15.5. The van der Waals surface area contributed by atoms with Crippen molar-refractivity contribution in [1.82, 2.24) is 9.80 Å². The molecule has 25 heavy (non-hydrogen) atoms. The van der Waals surface area contributed by atoms with Crippen molar-refractivity contribution in [2.45, 2.75) is 32.2 Å². The third kappa shape index (κ3) is 2.88. The minimum absolute atomic E-state index is 0.322. The molecule has 1 saturated heterocycles. The van der Waals surface area contributed by atoms with E-state index >= 15 is 0 Å². The fourth-order valence-electron chi connectivity index (χ4n) is 5.21. The number of piperazine rings is 1. The van der Waals surface area contributed by atoms with E-state index in [0.717, 1.165) is 56.6 Å². The lowest BCUT2D eigenvalue weighted by Gasteiger charge is -2.37. The van der Waals surface area contributed by atoms with Crippen molar-refractivity contribution in [3.8, 4) is 11.5 Å². The first-order valence-electron chi connectivity index (χ1n) is 9.66. The Labute approximate surface area is 148 Å². The molecule has 4 aliphatic rings. The molecule has 2 heterocycles. The lowest BCUT2D eigenvalue weighted by molar-refractivity contribution is -0.139. The number of hydrogen-bond acceptors (Lipinski definition) is 4. The average Bonchev–Trinajstić information content (AvgIpc) is 3.38. The number of carbonyl (C=O) groups excluding carboxylic acids is 1. The molecule has 5 nitrogen and oxygen atoms in total. The normalized spacial score (nSPS) is 30.9. The molecule has 5 heteroatoms. The van der Waals surface area contributed by atoms with Gasteiger partial charge in [0.2, 0.25) is 12.7 Å². The number of ether oxygens (including phenoxy) is 2. The smallest absolute Gasteiger partial charge is 0.231 e. The number of fused-ring (bicyclic) bond motifs is 3. The molecule has 2 saturated carbocycles. The topological polar surface area (TPSA) is 42.0 Å². The Balaban J connectivity index is 1.15. The molecule has 5 rings (SSSR count). The van der Waals surface area contributed by atoms with Crippen molar-refractivity contribution in [1.29, 1.82) is 0 Å². The Morgan fingerprint density at radius 1 is 1.04 bits per heavy atom. The van der Waals surface area contributed by atoms with E-state index < -0.39 is 0 Å². The van der Waals surface area contributed by atoms with Crippen LogP contribution in [0.25, 0.3) is 0 Å². The van der Waals surface area contributed by atoms with E-state index in [1.54, 1.807) is 0 Å². The van der Waals surface area contributed by atoms with Gasteiger partial charge in [0.25, 0.3) is 0 Å². The van der Waals surface area contributed by atoms with Gasteiger partial charge < -0.3 is 14.4 Å². The van der Waals surface area contributed by atoms with Crippen molar-refractivity contribution >= 4 is 5.91 Å². The van der Waals surface area contributed by atoms with Crippen LogP contribution < -0.4 is 9.47 Å². The second-order valence-corrected chi connectivity index (χ2v) is 8.07. The van der Waals surface area contributed by atoms with E-state index in [0.29, 0.717) is 24.5 Å². The highest BCUT2D eigenvalue weighted by Gasteiger charge is 2.44. The summed E-state index contributed by atoms with van der Waals surface area (Å²) in [6.45, 7) is 4.89. The summed E-state index contributed by atoms with van der Waals surface area (Å²) in [5, 5.41) is 0. The standard InChI is InChI=1S/C20H26N2O3/c23-20(17-10-14-1-3-16(17)9-14)22-7-5-21(6-8-22)12-15-2-4-18-19(11-15)25-13-24-18/h2,4,11,14,16-17H,1,3,5-10,12-13H2/t14-,16-,17-/m1/s1. The quantitative estimate of drug-likeness (QED) is 0.846. The maximum Gasteiger partial charge on any atom is 0.231 e. The van der Waals surface area contributed by atoms with Crippen LogP contribution >= 0.6 is 0 Å². The molecule has 0 aromatic heterocycles. The van der Waals surface area contributed by atoms with Gasteiger partial charge in [-0.3, -0.25) is 9.69 Å². The predicted molar refractivity (Wildman–Crippen MR) is 93.4 cm³/mol. The second kappa shape index (κ2) is 6.20. The molecule has 1 aromatic rings. The number of rotatable bonds is 3. The molecule has 2 aliphatic carbocycles. The third-order valence-corrected chi connectivity index (χ3v) is 6.58. The zero-order valence-corrected chi connectivity index (χ0v) is 14.7. The first-order valence-corrected chi connectivity index (χ1v) is 9.66. The summed E-state index contributed by atoms with van der Waals surface area (Å²) >= 11 is 0. The molecule has 0 unspecified atom stereocenters. The summed E-state index contributed by atoms with van der Waals surface area (Å²) in [5.74, 6) is 3.98. The summed E-state index contributed by atoms with van der Waals surface area (Å²) < 4.78 is 10.8. The Bertz CT molecular complexity index is 669. The number of amides is 1. The Hall–Kier alpha value is -1.75. The zero-order chi connectivity index (χ0) is 16.8. The monoisotopic (exact) mass is 342 g/mol. The van der Waals surface area contributed by atoms with Gasteiger partial charge >= 0.3 is 0 Å². The lowest BCUT2D eigenvalue weighted by Crippen LogP contribution is -2.50. The lowest BCUT2D eigenvalue weighted by atomic mass is 9.87. The van der Waals surface area contributed by atoms with Crippen LogP contribution in [0.2, 0.25) is 0 Å². The molecule has 2 aliphatic heterocycles. The van der Waals surface area contributed by atoms with Gasteiger partial charge in [0.05, 0.1) is 0 Å². The highest BCUT2D eigenvalue weighted by atomic mass is 16.7. The number of carbonyl (C=O) groups is 1. The molecular weight excluding hydrogens is 316 g/mol. The SMILES string of the molecule is O=C([C@@H]1C[C@@H]2CC[C@@H]1C2)N1CCN(Cc2ccc3c(c2)OCO3)CC1. The maximum atomic E-state index is 12.9. The minimum atomic E-state index is 0.322. The molecule has 1 aromatic carbocycles. The summed E-state index contributed by atoms with van der Waals surface area (Å²) in [4.78, 5) is 17.4. The van der Waals surface area contributed by atoms with Crippen molar-refractivity contribution in [3.05, 3.63) is 23.8 Å². The van der Waals surface area contributed by atoms with E-state index in [9.17, 15) is 4.79 Å². The Morgan fingerprint density at radius 3 is 2.64 bits per heavy atom. The molecule has 3 atom stereocenters. The van der Waals surface area contributed by atoms with E-state index in [1.807, 2.05) is 6.07 Å². The van der Waals surface area contributed by atoms with E-state index in [1.165, 1.54) is 24.8 Å². The number of hydrogen-bond donors (Lipinski definition) is 0. The van der Waals surface area contributed by atoms with Crippen LogP contribution in [0.3, 0.4) is 0 Å². The molecule has 134 valence electrons. The van der Waals surface area contributed by atoms with Crippen molar-refractivity contribution in [3.63, 3.8) is 0 Å². The fourth-order valence-corrected chi connectivity index (χ4v) is 5.21. The fraction of sp³-hybridized carbons (Fsp3) is 0.650. The molecule has 0 radical (unpaired) electrons. The van der Waals surface area contributed by atoms with Crippen LogP contribution in [0.4, 0.5) is 0 Å². The van der Waals surface area contributed by atoms with Crippen LogP contribution in [0.5, 0.6) is 11.5 Å². The summed E-state index contributed by atoms with van der Waals surface area (Å²) in [7, 11) is 0. The van der Waals surface area contributed by atoms with Gasteiger partial charge in [-0.05, 0) is 48.8 Å². The molecule has 0 spiro atoms. The zero-order valence-electron chi connectivity index (χ0n) is 14.7. The van der Waals surface area contributed by atoms with Crippen molar-refractivity contribution in [2.24, 2.45) is 17.8 Å². The van der Waals surface area contributed by atoms with E-state index in [-0.39, 0.29) is 0 Å². The van der Waals surface area contributed by atoms with Gasteiger partial charge in [-0.1, -0.05) is 12.5 Å². The van der Waals surface area contributed by atoms with Gasteiger partial charge in [-0.15, -0.1) is 0 Å². The number of nitrogens with zero attached hydrogens (tertiary/aromatic N) is 2. The summed E-state index contributed by atoms with van der Waals surface area (Å²) in [6, 6.07) is 6.18. The van der Waals surface area contributed by atoms with Gasteiger partial charge in [-0.25, -0.2) is 0 Å². The van der Waals surface area contributed by atoms with Gasteiger partial charge in [0.1, 0.15) is 0 Å². The van der Waals surface area contributed by atoms with Crippen LogP contribution in [0, 0.1) is 17.8 Å². The molecule has 1 amide bonds. The van der Waals surface area contributed by atoms with Gasteiger partial charge in [0.15, 0.2) is 11.5 Å². The highest BCUT2D eigenvalue weighted by molar-refractivity contribution is 5.79. The molecule has 0 N–H and O–H groups in total. The highest BCUT2D eigenvalue weighted by Crippen LogP contribution is 2.48. The average molecular weight is 342 g/mol. The van der Waals surface area contributed by atoms with Crippen LogP contribution in [-0.4, -0.2) is 48.7 Å². The summed E-state index contributed by atoms with van der Waals surface area (Å²) in [6.07, 6.45) is 5.10. The third-order valence-electron chi connectivity index (χ3n) is 6.58. The van der Waals surface area contributed by atoms with Gasteiger partial charge in [0, 0.05) is 38.6 Å². The minimum Gasteiger partial charge on any atom is -0.454 e. The second-order valence-electron chi connectivity index (χ2n) is 8.07. The molecule has 3 fully saturated rings. The summed E-state index contributed by atoms with van der Waals surface area (Å²) in [5.41, 5.74) is 1.25. The maximum absolute atomic E-state index is 12.9. The van der Waals surface area contributed by atoms with Crippen LogP contribution in [0.15, 0.2) is 18.2 Å². The van der Waals surface area contributed by atoms with E-state index in [4.69, 9.17) is 9.47 Å². The first-order chi connectivity index (χ1) is 12.3. The van der Waals surface area contributed by atoms with Gasteiger partial charge in [-0.2, -0.15) is 0 Å².